The fourth-order valence-electron chi connectivity index (χ4n) is 4.13. The molecule has 160 valence electrons. The number of likely N-dealkylation sites (tertiary alicyclic amines) is 1. The number of halogens is 1. The molecule has 1 aromatic carbocycles. The molecule has 3 heterocycles. The molecular formula is C21H25ClN4O3S. The number of aromatic nitrogens is 1. The number of nitrogens with zero attached hydrogens (tertiary/aromatic N) is 4. The van der Waals surface area contributed by atoms with Crippen LogP contribution in [0.4, 0.5) is 0 Å². The van der Waals surface area contributed by atoms with Gasteiger partial charge in [0, 0.05) is 43.9 Å². The van der Waals surface area contributed by atoms with Crippen molar-refractivity contribution in [2.75, 3.05) is 32.7 Å². The molecule has 9 heteroatoms. The highest BCUT2D eigenvalue weighted by atomic mass is 35.5. The number of benzene rings is 1. The molecule has 2 aliphatic rings. The van der Waals surface area contributed by atoms with E-state index in [1.165, 1.54) is 4.31 Å². The second-order valence-corrected chi connectivity index (χ2v) is 10.1. The van der Waals surface area contributed by atoms with Gasteiger partial charge in [-0.25, -0.2) is 8.42 Å². The van der Waals surface area contributed by atoms with E-state index in [4.69, 9.17) is 11.6 Å². The van der Waals surface area contributed by atoms with Crippen molar-refractivity contribution < 1.29 is 13.2 Å². The van der Waals surface area contributed by atoms with Crippen LogP contribution >= 0.6 is 11.6 Å². The molecule has 2 aliphatic heterocycles. The Morgan fingerprint density at radius 2 is 1.83 bits per heavy atom. The summed E-state index contributed by atoms with van der Waals surface area (Å²) in [6.45, 7) is 3.13. The highest BCUT2D eigenvalue weighted by Gasteiger charge is 2.38. The third-order valence-electron chi connectivity index (χ3n) is 5.69. The maximum Gasteiger partial charge on any atom is 0.240 e. The van der Waals surface area contributed by atoms with Crippen molar-refractivity contribution in [3.63, 3.8) is 0 Å². The summed E-state index contributed by atoms with van der Waals surface area (Å²) in [5.74, 6) is 0.0456. The molecule has 1 atom stereocenters. The van der Waals surface area contributed by atoms with Gasteiger partial charge in [0.15, 0.2) is 0 Å². The molecule has 1 amide bonds. The Balaban J connectivity index is 1.32. The van der Waals surface area contributed by atoms with Crippen molar-refractivity contribution in [3.05, 3.63) is 64.9 Å². The number of sulfonamides is 1. The monoisotopic (exact) mass is 448 g/mol. The summed E-state index contributed by atoms with van der Waals surface area (Å²) in [5, 5.41) is 0.530. The van der Waals surface area contributed by atoms with Crippen molar-refractivity contribution in [2.45, 2.75) is 24.8 Å². The molecule has 2 fully saturated rings. The van der Waals surface area contributed by atoms with Crippen LogP contribution in [0.1, 0.15) is 17.7 Å². The quantitative estimate of drug-likeness (QED) is 0.675. The summed E-state index contributed by atoms with van der Waals surface area (Å²) in [6.07, 6.45) is 2.50. The lowest BCUT2D eigenvalue weighted by atomic mass is 10.2. The van der Waals surface area contributed by atoms with E-state index in [-0.39, 0.29) is 17.7 Å². The van der Waals surface area contributed by atoms with Gasteiger partial charge in [-0.15, -0.1) is 0 Å². The first-order valence-corrected chi connectivity index (χ1v) is 12.1. The molecule has 30 heavy (non-hydrogen) atoms. The van der Waals surface area contributed by atoms with Crippen LogP contribution in [-0.4, -0.2) is 72.2 Å². The second kappa shape index (κ2) is 9.01. The maximum atomic E-state index is 12.9. The van der Waals surface area contributed by atoms with Gasteiger partial charge in [0.2, 0.25) is 15.9 Å². The second-order valence-electron chi connectivity index (χ2n) is 7.71. The van der Waals surface area contributed by atoms with E-state index >= 15 is 0 Å². The van der Waals surface area contributed by atoms with Gasteiger partial charge in [0.05, 0.1) is 24.0 Å². The zero-order valence-corrected chi connectivity index (χ0v) is 18.2. The number of rotatable bonds is 6. The first kappa shape index (κ1) is 21.2. The Morgan fingerprint density at radius 1 is 1.03 bits per heavy atom. The Labute approximate surface area is 182 Å². The predicted octanol–water partition coefficient (Wildman–Crippen LogP) is 1.98. The van der Waals surface area contributed by atoms with Crippen molar-refractivity contribution in [3.8, 4) is 0 Å². The van der Waals surface area contributed by atoms with Crippen LogP contribution in [-0.2, 0) is 27.1 Å². The summed E-state index contributed by atoms with van der Waals surface area (Å²) in [5.41, 5.74) is 1.56. The highest BCUT2D eigenvalue weighted by Crippen LogP contribution is 2.22. The van der Waals surface area contributed by atoms with Crippen LogP contribution in [0.2, 0.25) is 5.02 Å². The SMILES string of the molecule is O=C1C(N2CCN(S(=O)(=O)Cc3cccc(Cl)c3)CC2)CCN1Cc1ccccn1. The lowest BCUT2D eigenvalue weighted by Crippen LogP contribution is -2.53. The van der Waals surface area contributed by atoms with Crippen LogP contribution in [0.5, 0.6) is 0 Å². The van der Waals surface area contributed by atoms with Crippen molar-refractivity contribution in [2.24, 2.45) is 0 Å². The Kier molecular flexibility index (Phi) is 6.38. The molecule has 2 saturated heterocycles. The minimum Gasteiger partial charge on any atom is -0.335 e. The average molecular weight is 449 g/mol. The Hall–Kier alpha value is -2.00. The lowest BCUT2D eigenvalue weighted by Gasteiger charge is -2.36. The fourth-order valence-corrected chi connectivity index (χ4v) is 5.84. The number of carbonyl (C=O) groups is 1. The molecular weight excluding hydrogens is 424 g/mol. The van der Waals surface area contributed by atoms with Crippen molar-refractivity contribution in [1.29, 1.82) is 0 Å². The first-order chi connectivity index (χ1) is 14.4. The lowest BCUT2D eigenvalue weighted by molar-refractivity contribution is -0.133. The van der Waals surface area contributed by atoms with Crippen LogP contribution in [0.15, 0.2) is 48.7 Å². The van der Waals surface area contributed by atoms with E-state index in [2.05, 4.69) is 9.88 Å². The smallest absolute Gasteiger partial charge is 0.240 e. The summed E-state index contributed by atoms with van der Waals surface area (Å²) in [6, 6.07) is 12.5. The van der Waals surface area contributed by atoms with Gasteiger partial charge in [-0.2, -0.15) is 4.31 Å². The third kappa shape index (κ3) is 4.83. The molecule has 0 spiro atoms. The van der Waals surface area contributed by atoms with Gasteiger partial charge in [-0.1, -0.05) is 29.8 Å². The minimum atomic E-state index is -3.42. The van der Waals surface area contributed by atoms with E-state index in [0.717, 1.165) is 12.1 Å². The van der Waals surface area contributed by atoms with Gasteiger partial charge in [0.25, 0.3) is 0 Å². The van der Waals surface area contributed by atoms with E-state index in [1.807, 2.05) is 23.1 Å². The zero-order valence-electron chi connectivity index (χ0n) is 16.7. The number of piperazine rings is 1. The normalized spacial score (nSPS) is 21.3. The molecule has 1 unspecified atom stereocenters. The Bertz CT molecular complexity index is 994. The Morgan fingerprint density at radius 3 is 2.53 bits per heavy atom. The molecule has 4 rings (SSSR count). The van der Waals surface area contributed by atoms with Gasteiger partial charge >= 0.3 is 0 Å². The largest absolute Gasteiger partial charge is 0.335 e. The predicted molar refractivity (Wildman–Crippen MR) is 115 cm³/mol. The molecule has 0 radical (unpaired) electrons. The summed E-state index contributed by atoms with van der Waals surface area (Å²) in [7, 11) is -3.42. The molecule has 0 N–H and O–H groups in total. The van der Waals surface area contributed by atoms with E-state index in [0.29, 0.717) is 49.9 Å². The van der Waals surface area contributed by atoms with E-state index in [9.17, 15) is 13.2 Å². The highest BCUT2D eigenvalue weighted by molar-refractivity contribution is 7.88. The molecule has 0 aliphatic carbocycles. The van der Waals surface area contributed by atoms with Gasteiger partial charge in [-0.3, -0.25) is 14.7 Å². The number of hydrogen-bond acceptors (Lipinski definition) is 5. The summed E-state index contributed by atoms with van der Waals surface area (Å²) >= 11 is 5.97. The van der Waals surface area contributed by atoms with Crippen molar-refractivity contribution in [1.82, 2.24) is 19.1 Å². The van der Waals surface area contributed by atoms with E-state index < -0.39 is 10.0 Å². The summed E-state index contributed by atoms with van der Waals surface area (Å²) < 4.78 is 27.1. The molecule has 0 saturated carbocycles. The van der Waals surface area contributed by atoms with Gasteiger partial charge in [0.1, 0.15) is 0 Å². The molecule has 1 aromatic heterocycles. The van der Waals surface area contributed by atoms with Crippen LogP contribution in [0.3, 0.4) is 0 Å². The maximum absolute atomic E-state index is 12.9. The first-order valence-electron chi connectivity index (χ1n) is 10.1. The molecule has 0 bridgehead atoms. The van der Waals surface area contributed by atoms with Crippen molar-refractivity contribution >= 4 is 27.5 Å². The standard InChI is InChI=1S/C21H25ClN4O3S/c22-18-5-3-4-17(14-18)16-30(28,29)26-12-10-24(11-13-26)20-7-9-25(21(20)27)15-19-6-1-2-8-23-19/h1-6,8,14,20H,7,9-13,15-16H2. The summed E-state index contributed by atoms with van der Waals surface area (Å²) in [4.78, 5) is 21.1. The van der Waals surface area contributed by atoms with Crippen LogP contribution < -0.4 is 0 Å². The third-order valence-corrected chi connectivity index (χ3v) is 7.78. The number of amides is 1. The molecule has 2 aromatic rings. The fraction of sp³-hybridized carbons (Fsp3) is 0.429. The average Bonchev–Trinajstić information content (AvgIpc) is 3.09. The topological polar surface area (TPSA) is 73.8 Å². The van der Waals surface area contributed by atoms with Crippen LogP contribution in [0.25, 0.3) is 0 Å². The minimum absolute atomic E-state index is 0.0617. The van der Waals surface area contributed by atoms with Gasteiger partial charge < -0.3 is 4.90 Å². The molecule has 7 nitrogen and oxygen atoms in total. The number of hydrogen-bond donors (Lipinski definition) is 0. The van der Waals surface area contributed by atoms with Gasteiger partial charge in [-0.05, 0) is 36.2 Å². The number of carbonyl (C=O) groups excluding carboxylic acids is 1. The number of pyridine rings is 1. The zero-order chi connectivity index (χ0) is 21.1. The van der Waals surface area contributed by atoms with Crippen LogP contribution in [0, 0.1) is 0 Å². The van der Waals surface area contributed by atoms with E-state index in [1.54, 1.807) is 30.5 Å².